The number of carbonyl (C=O) groups excluding carboxylic acids is 2. The summed E-state index contributed by atoms with van der Waals surface area (Å²) in [6.07, 6.45) is 2.47. The minimum absolute atomic E-state index is 0.121. The van der Waals surface area contributed by atoms with E-state index in [1.54, 1.807) is 18.2 Å². The molecular formula is C15H20O5. The minimum Gasteiger partial charge on any atom is -0.462 e. The van der Waals surface area contributed by atoms with Crippen molar-refractivity contribution in [2.24, 2.45) is 0 Å². The van der Waals surface area contributed by atoms with E-state index in [-0.39, 0.29) is 11.1 Å². The highest BCUT2D eigenvalue weighted by molar-refractivity contribution is 6.02. The molecule has 0 atom stereocenters. The molecule has 0 aliphatic heterocycles. The highest BCUT2D eigenvalue weighted by atomic mass is 17.2. The zero-order chi connectivity index (χ0) is 15.4. The van der Waals surface area contributed by atoms with Crippen LogP contribution in [0.5, 0.6) is 0 Å². The van der Waals surface area contributed by atoms with E-state index in [0.29, 0.717) is 6.61 Å². The summed E-state index contributed by atoms with van der Waals surface area (Å²) in [6, 6.07) is 6.25. The van der Waals surface area contributed by atoms with Gasteiger partial charge < -0.3 is 4.74 Å². The summed E-state index contributed by atoms with van der Waals surface area (Å²) in [4.78, 5) is 31.8. The standard InChI is InChI=1S/C12H14O5.C3H6/c1-3-8-16-11(13)9-6-4-5-7-10(9)12(14)17-15-2;1-3-2/h4-7H,3,8H2,1-2H3;3H,1H2,2H3. The SMILES string of the molecule is C=CC.CCCOC(=O)c1ccccc1C(=O)OOC. The second-order valence-corrected chi connectivity index (χ2v) is 3.63. The van der Waals surface area contributed by atoms with Crippen LogP contribution in [0.1, 0.15) is 41.0 Å². The van der Waals surface area contributed by atoms with E-state index in [2.05, 4.69) is 16.4 Å². The van der Waals surface area contributed by atoms with E-state index < -0.39 is 11.9 Å². The predicted molar refractivity (Wildman–Crippen MR) is 75.3 cm³/mol. The molecule has 0 amide bonds. The largest absolute Gasteiger partial charge is 0.462 e. The molecule has 0 radical (unpaired) electrons. The number of allylic oxidation sites excluding steroid dienone is 1. The molecule has 20 heavy (non-hydrogen) atoms. The van der Waals surface area contributed by atoms with E-state index in [1.165, 1.54) is 19.2 Å². The Morgan fingerprint density at radius 2 is 1.70 bits per heavy atom. The van der Waals surface area contributed by atoms with E-state index in [1.807, 2.05) is 13.8 Å². The van der Waals surface area contributed by atoms with Gasteiger partial charge in [-0.25, -0.2) is 9.59 Å². The Bertz CT molecular complexity index is 440. The molecule has 1 aromatic rings. The van der Waals surface area contributed by atoms with Crippen LogP contribution in [0.4, 0.5) is 0 Å². The summed E-state index contributed by atoms with van der Waals surface area (Å²) in [5, 5.41) is 0. The molecule has 0 unspecified atom stereocenters. The first-order valence-electron chi connectivity index (χ1n) is 6.20. The van der Waals surface area contributed by atoms with Crippen LogP contribution in [0.15, 0.2) is 36.9 Å². The van der Waals surface area contributed by atoms with Gasteiger partial charge in [0.25, 0.3) is 0 Å². The first-order chi connectivity index (χ1) is 9.62. The van der Waals surface area contributed by atoms with Crippen LogP contribution in [-0.4, -0.2) is 25.7 Å². The van der Waals surface area contributed by atoms with Gasteiger partial charge >= 0.3 is 11.9 Å². The molecule has 0 bridgehead atoms. The Hall–Kier alpha value is -2.14. The van der Waals surface area contributed by atoms with Crippen molar-refractivity contribution in [3.63, 3.8) is 0 Å². The van der Waals surface area contributed by atoms with Crippen LogP contribution in [0, 0.1) is 0 Å². The van der Waals surface area contributed by atoms with Crippen molar-refractivity contribution in [3.8, 4) is 0 Å². The quantitative estimate of drug-likeness (QED) is 0.359. The van der Waals surface area contributed by atoms with Gasteiger partial charge in [0.15, 0.2) is 0 Å². The van der Waals surface area contributed by atoms with Crippen LogP contribution in [0.3, 0.4) is 0 Å². The summed E-state index contributed by atoms with van der Waals surface area (Å²) < 4.78 is 4.96. The van der Waals surface area contributed by atoms with Crippen molar-refractivity contribution in [1.82, 2.24) is 0 Å². The molecule has 0 aliphatic rings. The summed E-state index contributed by atoms with van der Waals surface area (Å²) in [5.74, 6) is -1.27. The molecule has 0 heterocycles. The van der Waals surface area contributed by atoms with E-state index in [0.717, 1.165) is 6.42 Å². The molecule has 0 saturated heterocycles. The van der Waals surface area contributed by atoms with E-state index in [4.69, 9.17) is 4.74 Å². The molecule has 0 fully saturated rings. The van der Waals surface area contributed by atoms with Crippen molar-refractivity contribution in [1.29, 1.82) is 0 Å². The molecule has 0 saturated carbocycles. The van der Waals surface area contributed by atoms with Crippen LogP contribution >= 0.6 is 0 Å². The highest BCUT2D eigenvalue weighted by Crippen LogP contribution is 2.12. The number of carbonyl (C=O) groups is 2. The Morgan fingerprint density at radius 3 is 2.15 bits per heavy atom. The second kappa shape index (κ2) is 10.8. The van der Waals surface area contributed by atoms with E-state index in [9.17, 15) is 9.59 Å². The second-order valence-electron chi connectivity index (χ2n) is 3.63. The molecule has 0 spiro atoms. The maximum atomic E-state index is 11.7. The first-order valence-corrected chi connectivity index (χ1v) is 6.20. The van der Waals surface area contributed by atoms with Gasteiger partial charge in [-0.15, -0.1) is 6.58 Å². The number of hydrogen-bond acceptors (Lipinski definition) is 5. The lowest BCUT2D eigenvalue weighted by Crippen LogP contribution is -2.14. The van der Waals surface area contributed by atoms with Gasteiger partial charge in [-0.3, -0.25) is 4.89 Å². The van der Waals surface area contributed by atoms with Gasteiger partial charge in [-0.2, -0.15) is 4.89 Å². The van der Waals surface area contributed by atoms with E-state index >= 15 is 0 Å². The zero-order valence-corrected chi connectivity index (χ0v) is 12.0. The van der Waals surface area contributed by atoms with Gasteiger partial charge in [0.1, 0.15) is 0 Å². The van der Waals surface area contributed by atoms with Crippen LogP contribution < -0.4 is 0 Å². The molecule has 0 N–H and O–H groups in total. The normalized spacial score (nSPS) is 8.95. The molecule has 5 heteroatoms. The maximum Gasteiger partial charge on any atom is 0.373 e. The molecule has 0 aromatic heterocycles. The lowest BCUT2D eigenvalue weighted by molar-refractivity contribution is -0.216. The van der Waals surface area contributed by atoms with Crippen molar-refractivity contribution in [3.05, 3.63) is 48.0 Å². The monoisotopic (exact) mass is 280 g/mol. The lowest BCUT2D eigenvalue weighted by atomic mass is 10.1. The summed E-state index contributed by atoms with van der Waals surface area (Å²) in [7, 11) is 1.22. The third-order valence-electron chi connectivity index (χ3n) is 1.96. The van der Waals surface area contributed by atoms with Crippen molar-refractivity contribution in [2.75, 3.05) is 13.7 Å². The van der Waals surface area contributed by atoms with Crippen LogP contribution in [-0.2, 0) is 14.5 Å². The lowest BCUT2D eigenvalue weighted by Gasteiger charge is -2.07. The number of esters is 1. The molecule has 0 aliphatic carbocycles. The topological polar surface area (TPSA) is 61.8 Å². The minimum atomic E-state index is -0.725. The van der Waals surface area contributed by atoms with Crippen molar-refractivity contribution < 1.29 is 24.1 Å². The average Bonchev–Trinajstić information content (AvgIpc) is 2.46. The summed E-state index contributed by atoms with van der Waals surface area (Å²) in [6.45, 7) is 7.45. The molecule has 5 nitrogen and oxygen atoms in total. The zero-order valence-electron chi connectivity index (χ0n) is 12.0. The van der Waals surface area contributed by atoms with Crippen LogP contribution in [0.25, 0.3) is 0 Å². The molecule has 1 rings (SSSR count). The maximum absolute atomic E-state index is 11.7. The van der Waals surface area contributed by atoms with Crippen molar-refractivity contribution in [2.45, 2.75) is 20.3 Å². The fourth-order valence-corrected chi connectivity index (χ4v) is 1.23. The Kier molecular flexibility index (Phi) is 9.60. The van der Waals surface area contributed by atoms with Crippen LogP contribution in [0.2, 0.25) is 0 Å². The predicted octanol–water partition coefficient (Wildman–Crippen LogP) is 3.16. The summed E-state index contributed by atoms with van der Waals surface area (Å²) in [5.41, 5.74) is 0.290. The molecule has 110 valence electrons. The number of rotatable bonds is 5. The number of ether oxygens (including phenoxy) is 1. The van der Waals surface area contributed by atoms with Gasteiger partial charge in [0, 0.05) is 0 Å². The van der Waals surface area contributed by atoms with Gasteiger partial charge in [0.2, 0.25) is 0 Å². The van der Waals surface area contributed by atoms with Gasteiger partial charge in [-0.05, 0) is 25.5 Å². The smallest absolute Gasteiger partial charge is 0.373 e. The van der Waals surface area contributed by atoms with Crippen molar-refractivity contribution >= 4 is 11.9 Å². The number of benzene rings is 1. The fourth-order valence-electron chi connectivity index (χ4n) is 1.23. The first kappa shape index (κ1) is 17.9. The Labute approximate surface area is 119 Å². The third kappa shape index (κ3) is 6.15. The highest BCUT2D eigenvalue weighted by Gasteiger charge is 2.19. The van der Waals surface area contributed by atoms with Gasteiger partial charge in [0.05, 0.1) is 24.8 Å². The molecular weight excluding hydrogens is 260 g/mol. The average molecular weight is 280 g/mol. The third-order valence-corrected chi connectivity index (χ3v) is 1.96. The Morgan fingerprint density at radius 1 is 1.20 bits per heavy atom. The number of hydrogen-bond donors (Lipinski definition) is 0. The van der Waals surface area contributed by atoms with Gasteiger partial charge in [-0.1, -0.05) is 25.1 Å². The fraction of sp³-hybridized carbons (Fsp3) is 0.333. The molecule has 1 aromatic carbocycles. The summed E-state index contributed by atoms with van der Waals surface area (Å²) >= 11 is 0. The Balaban J connectivity index is 0.00000110.